The fraction of sp³-hybridized carbons (Fsp3) is 0.120. The predicted octanol–water partition coefficient (Wildman–Crippen LogP) is 7.19. The zero-order chi connectivity index (χ0) is 19.1. The Bertz CT molecular complexity index is 1110. The van der Waals surface area contributed by atoms with E-state index in [1.54, 1.807) is 11.3 Å². The van der Waals surface area contributed by atoms with Gasteiger partial charge in [0.2, 0.25) is 0 Å². The first-order valence-electron chi connectivity index (χ1n) is 9.50. The van der Waals surface area contributed by atoms with Crippen molar-refractivity contribution in [2.24, 2.45) is 0 Å². The van der Waals surface area contributed by atoms with E-state index in [4.69, 9.17) is 5.73 Å². The highest BCUT2D eigenvalue weighted by Crippen LogP contribution is 2.43. The molecule has 0 fully saturated rings. The van der Waals surface area contributed by atoms with Gasteiger partial charge < -0.3 is 5.73 Å². The van der Waals surface area contributed by atoms with Gasteiger partial charge in [0.15, 0.2) is 0 Å². The lowest BCUT2D eigenvalue weighted by Gasteiger charge is -2.12. The standard InChI is InChI=1S/C25H21NS2/c1-16-12-19-20(13-17-8-4-2-5-9-17)25-22(15-23(26)28-25)21(24(19)27-16)14-18-10-6-3-7-11-18/h2-12,15H,13-14,26H2,1H3. The molecule has 0 atom stereocenters. The van der Waals surface area contributed by atoms with Gasteiger partial charge in [-0.15, -0.1) is 22.7 Å². The minimum absolute atomic E-state index is 0.896. The van der Waals surface area contributed by atoms with E-state index in [2.05, 4.69) is 79.7 Å². The van der Waals surface area contributed by atoms with Crippen LogP contribution in [0.1, 0.15) is 27.1 Å². The van der Waals surface area contributed by atoms with Crippen LogP contribution in [-0.2, 0) is 12.8 Å². The molecule has 0 unspecified atom stereocenters. The van der Waals surface area contributed by atoms with Gasteiger partial charge in [-0.05, 0) is 64.9 Å². The Kier molecular flexibility index (Phi) is 4.42. The molecule has 0 saturated carbocycles. The molecule has 0 spiro atoms. The maximum Gasteiger partial charge on any atom is 0.0869 e. The van der Waals surface area contributed by atoms with E-state index in [0.717, 1.165) is 17.8 Å². The van der Waals surface area contributed by atoms with Crippen LogP contribution in [0, 0.1) is 6.92 Å². The molecule has 2 heterocycles. The van der Waals surface area contributed by atoms with Gasteiger partial charge in [0.25, 0.3) is 0 Å². The van der Waals surface area contributed by atoms with Crippen molar-refractivity contribution in [1.82, 2.24) is 0 Å². The molecule has 0 radical (unpaired) electrons. The molecule has 1 nitrogen and oxygen atoms in total. The Morgan fingerprint density at radius 1 is 0.679 bits per heavy atom. The minimum Gasteiger partial charge on any atom is -0.391 e. The summed E-state index contributed by atoms with van der Waals surface area (Å²) in [4.78, 5) is 1.37. The maximum atomic E-state index is 6.30. The first-order valence-corrected chi connectivity index (χ1v) is 11.1. The van der Waals surface area contributed by atoms with Gasteiger partial charge in [-0.3, -0.25) is 0 Å². The van der Waals surface area contributed by atoms with Crippen LogP contribution in [0.3, 0.4) is 0 Å². The number of aryl methyl sites for hydroxylation is 1. The van der Waals surface area contributed by atoms with E-state index in [0.29, 0.717) is 0 Å². The smallest absolute Gasteiger partial charge is 0.0869 e. The highest BCUT2D eigenvalue weighted by molar-refractivity contribution is 7.23. The summed E-state index contributed by atoms with van der Waals surface area (Å²) in [5.41, 5.74) is 11.8. The number of anilines is 1. The zero-order valence-electron chi connectivity index (χ0n) is 15.7. The fourth-order valence-corrected chi connectivity index (χ4v) is 6.12. The summed E-state index contributed by atoms with van der Waals surface area (Å²) >= 11 is 3.64. The molecule has 0 aliphatic heterocycles. The van der Waals surface area contributed by atoms with Crippen LogP contribution < -0.4 is 5.73 Å². The molecule has 0 amide bonds. The molecule has 2 N–H and O–H groups in total. The average Bonchev–Trinajstić information content (AvgIpc) is 3.28. The van der Waals surface area contributed by atoms with Crippen LogP contribution in [0.5, 0.6) is 0 Å². The molecule has 0 aliphatic carbocycles. The van der Waals surface area contributed by atoms with Crippen LogP contribution in [0.4, 0.5) is 5.00 Å². The van der Waals surface area contributed by atoms with Crippen molar-refractivity contribution in [3.05, 3.63) is 99.9 Å². The van der Waals surface area contributed by atoms with Crippen molar-refractivity contribution in [3.8, 4) is 0 Å². The van der Waals surface area contributed by atoms with Gasteiger partial charge in [-0.2, -0.15) is 0 Å². The number of hydrogen-bond acceptors (Lipinski definition) is 3. The third-order valence-corrected chi connectivity index (χ3v) is 7.39. The highest BCUT2D eigenvalue weighted by atomic mass is 32.1. The molecule has 3 heteroatoms. The molecule has 138 valence electrons. The van der Waals surface area contributed by atoms with Crippen molar-refractivity contribution in [3.63, 3.8) is 0 Å². The third kappa shape index (κ3) is 3.11. The second-order valence-electron chi connectivity index (χ2n) is 7.27. The summed E-state index contributed by atoms with van der Waals surface area (Å²) in [7, 11) is 0. The number of benzene rings is 3. The normalized spacial score (nSPS) is 11.5. The minimum atomic E-state index is 0.896. The Morgan fingerprint density at radius 2 is 1.18 bits per heavy atom. The van der Waals surface area contributed by atoms with Gasteiger partial charge in [-0.25, -0.2) is 0 Å². The van der Waals surface area contributed by atoms with Gasteiger partial charge in [0, 0.05) is 14.3 Å². The lowest BCUT2D eigenvalue weighted by atomic mass is 9.94. The van der Waals surface area contributed by atoms with Crippen molar-refractivity contribution >= 4 is 47.8 Å². The third-order valence-electron chi connectivity index (χ3n) is 5.25. The van der Waals surface area contributed by atoms with Gasteiger partial charge >= 0.3 is 0 Å². The summed E-state index contributed by atoms with van der Waals surface area (Å²) in [5.74, 6) is 0. The molecular weight excluding hydrogens is 378 g/mol. The van der Waals surface area contributed by atoms with E-state index < -0.39 is 0 Å². The quantitative estimate of drug-likeness (QED) is 0.340. The van der Waals surface area contributed by atoms with Gasteiger partial charge in [0.1, 0.15) is 0 Å². The molecular formula is C25H21NS2. The largest absolute Gasteiger partial charge is 0.391 e. The molecule has 0 bridgehead atoms. The van der Waals surface area contributed by atoms with Crippen LogP contribution in [0.2, 0.25) is 0 Å². The first-order chi connectivity index (χ1) is 13.7. The number of fused-ring (bicyclic) bond motifs is 2. The maximum absolute atomic E-state index is 6.30. The lowest BCUT2D eigenvalue weighted by molar-refractivity contribution is 1.22. The van der Waals surface area contributed by atoms with Gasteiger partial charge in [-0.1, -0.05) is 60.7 Å². The lowest BCUT2D eigenvalue weighted by Crippen LogP contribution is -1.94. The van der Waals surface area contributed by atoms with E-state index >= 15 is 0 Å². The van der Waals surface area contributed by atoms with Crippen LogP contribution >= 0.6 is 22.7 Å². The number of nitrogens with two attached hydrogens (primary N) is 1. The van der Waals surface area contributed by atoms with Crippen molar-refractivity contribution in [2.75, 3.05) is 5.73 Å². The summed E-state index contributed by atoms with van der Waals surface area (Å²) in [6, 6.07) is 26.0. The number of rotatable bonds is 4. The second kappa shape index (κ2) is 7.08. The molecule has 3 aromatic carbocycles. The Morgan fingerprint density at radius 3 is 1.75 bits per heavy atom. The van der Waals surface area contributed by atoms with E-state index in [1.807, 2.05) is 11.3 Å². The SMILES string of the molecule is Cc1cc2c(Cc3ccccc3)c3sc(N)cc3c(Cc3ccccc3)c2s1. The van der Waals surface area contributed by atoms with E-state index in [-0.39, 0.29) is 0 Å². The second-order valence-corrected chi connectivity index (χ2v) is 9.61. The molecule has 0 saturated heterocycles. The first kappa shape index (κ1) is 17.5. The molecule has 2 aromatic heterocycles. The summed E-state index contributed by atoms with van der Waals surface area (Å²) in [6.45, 7) is 2.21. The van der Waals surface area contributed by atoms with E-state index in [1.165, 1.54) is 47.3 Å². The van der Waals surface area contributed by atoms with Gasteiger partial charge in [0.05, 0.1) is 5.00 Å². The highest BCUT2D eigenvalue weighted by Gasteiger charge is 2.19. The number of nitrogen functional groups attached to an aromatic ring is 1. The van der Waals surface area contributed by atoms with Crippen molar-refractivity contribution < 1.29 is 0 Å². The Hall–Kier alpha value is -2.62. The number of thiophene rings is 2. The summed E-state index contributed by atoms with van der Waals surface area (Å²) in [6.07, 6.45) is 1.88. The zero-order valence-corrected chi connectivity index (χ0v) is 17.4. The Balaban J connectivity index is 1.77. The molecule has 5 aromatic rings. The summed E-state index contributed by atoms with van der Waals surface area (Å²) in [5, 5.41) is 3.62. The van der Waals surface area contributed by atoms with Crippen molar-refractivity contribution in [2.45, 2.75) is 19.8 Å². The molecule has 28 heavy (non-hydrogen) atoms. The molecule has 5 rings (SSSR count). The predicted molar refractivity (Wildman–Crippen MR) is 125 cm³/mol. The average molecular weight is 400 g/mol. The van der Waals surface area contributed by atoms with E-state index in [9.17, 15) is 0 Å². The summed E-state index contributed by atoms with van der Waals surface area (Å²) < 4.78 is 2.76. The van der Waals surface area contributed by atoms with Crippen LogP contribution in [0.15, 0.2) is 72.8 Å². The number of hydrogen-bond donors (Lipinski definition) is 1. The Labute approximate surface area is 173 Å². The molecule has 0 aliphatic rings. The fourth-order valence-electron chi connectivity index (χ4n) is 4.02. The monoisotopic (exact) mass is 399 g/mol. The topological polar surface area (TPSA) is 26.0 Å². The van der Waals surface area contributed by atoms with Crippen molar-refractivity contribution in [1.29, 1.82) is 0 Å². The van der Waals surface area contributed by atoms with Crippen LogP contribution in [0.25, 0.3) is 20.2 Å². The van der Waals surface area contributed by atoms with Crippen LogP contribution in [-0.4, -0.2) is 0 Å².